The molecule has 0 unspecified atom stereocenters. The molecule has 0 N–H and O–H groups in total. The van der Waals surface area contributed by atoms with Crippen LogP contribution in [0.1, 0.15) is 375 Å². The molecule has 624 valence electrons. The highest BCUT2D eigenvalue weighted by atomic mass is 16.7. The van der Waals surface area contributed by atoms with E-state index in [2.05, 4.69) is 71.9 Å². The lowest BCUT2D eigenvalue weighted by molar-refractivity contribution is 0.0811. The molecule has 16 heteroatoms. The summed E-state index contributed by atoms with van der Waals surface area (Å²) < 4.78 is 92.0. The molecule has 0 amide bonds. The summed E-state index contributed by atoms with van der Waals surface area (Å²) in [6, 6.07) is 25.7. The summed E-state index contributed by atoms with van der Waals surface area (Å²) in [5, 5.41) is 0. The minimum atomic E-state index is -0.428. The second kappa shape index (κ2) is 46.3. The highest BCUT2D eigenvalue weighted by Gasteiger charge is 2.43. The Bertz CT molecular complexity index is 3580. The van der Waals surface area contributed by atoms with Gasteiger partial charge in [-0.15, -0.1) is 0 Å². The average molecular weight is 1580 g/mol. The monoisotopic (exact) mass is 1580 g/mol. The molecule has 16 nitrogen and oxygen atoms in total. The molecule has 116 heavy (non-hydrogen) atoms. The summed E-state index contributed by atoms with van der Waals surface area (Å²) >= 11 is 0. The van der Waals surface area contributed by atoms with Crippen LogP contribution in [0.15, 0.2) is 122 Å². The van der Waals surface area contributed by atoms with E-state index in [1.54, 1.807) is 0 Å². The van der Waals surface area contributed by atoms with Crippen molar-refractivity contribution in [3.05, 3.63) is 189 Å². The second-order valence-electron chi connectivity index (χ2n) is 33.1. The number of rotatable bonds is 52. The molecule has 4 aromatic carbocycles. The van der Waals surface area contributed by atoms with Crippen LogP contribution in [0.25, 0.3) is 0 Å². The zero-order valence-corrected chi connectivity index (χ0v) is 70.5. The summed E-state index contributed by atoms with van der Waals surface area (Å²) in [5.74, 6) is 4.38. The number of hydrogen-bond acceptors (Lipinski definition) is 16. The maximum atomic E-state index is 7.74. The van der Waals surface area contributed by atoms with Crippen molar-refractivity contribution in [1.29, 1.82) is 0 Å². The number of aromatic nitrogens is 4. The zero-order chi connectivity index (χ0) is 79.6. The predicted octanol–water partition coefficient (Wildman–Crippen LogP) is 27.0. The molecule has 4 aromatic heterocycles. The summed E-state index contributed by atoms with van der Waals surface area (Å²) in [6.45, 7) is 8.89. The number of benzene rings is 4. The number of nitrogens with zero attached hydrogens (tertiary/aromatic N) is 4. The van der Waals surface area contributed by atoms with Gasteiger partial charge in [0.25, 0.3) is 0 Å². The van der Waals surface area contributed by atoms with Crippen molar-refractivity contribution in [3.8, 4) is 69.0 Å². The molecule has 12 aliphatic heterocycles. The largest absolute Gasteiger partial charge is 0.482 e. The molecule has 0 fully saturated rings. The van der Waals surface area contributed by atoms with Crippen molar-refractivity contribution >= 4 is 0 Å². The maximum Gasteiger partial charge on any atom is 0.231 e. The quantitative estimate of drug-likeness (QED) is 0.0331. The third kappa shape index (κ3) is 22.9. The van der Waals surface area contributed by atoms with Crippen molar-refractivity contribution in [2.75, 3.05) is 27.2 Å². The Labute approximate surface area is 692 Å². The van der Waals surface area contributed by atoms with Gasteiger partial charge in [0.05, 0.1) is 0 Å². The van der Waals surface area contributed by atoms with Crippen molar-refractivity contribution in [2.45, 2.75) is 335 Å². The molecule has 0 saturated carbocycles. The topological polar surface area (TPSA) is 162 Å². The Hall–Kier alpha value is -8.92. The Morgan fingerprint density at radius 1 is 0.224 bits per heavy atom. The summed E-state index contributed by atoms with van der Waals surface area (Å²) in [7, 11) is 0. The van der Waals surface area contributed by atoms with Gasteiger partial charge in [-0.1, -0.05) is 259 Å². The molecule has 0 saturated heterocycles. The van der Waals surface area contributed by atoms with Crippen molar-refractivity contribution < 1.29 is 56.8 Å². The highest BCUT2D eigenvalue weighted by Crippen LogP contribution is 2.63. The fourth-order valence-corrected chi connectivity index (χ4v) is 18.1. The van der Waals surface area contributed by atoms with Gasteiger partial charge in [-0.2, -0.15) is 0 Å². The summed E-state index contributed by atoms with van der Waals surface area (Å²) in [4.78, 5) is 17.8. The lowest BCUT2D eigenvalue weighted by atomic mass is 9.75. The number of pyridine rings is 4. The van der Waals surface area contributed by atoms with Gasteiger partial charge in [0.2, 0.25) is 50.2 Å². The molecule has 0 spiro atoms. The van der Waals surface area contributed by atoms with Crippen LogP contribution in [0.5, 0.6) is 69.0 Å². The first-order valence-electron chi connectivity index (χ1n) is 45.4. The number of unbranched alkanes of at least 4 members (excludes halogenated alkanes) is 32. The van der Waals surface area contributed by atoms with E-state index in [1.165, 1.54) is 154 Å². The number of ether oxygens (including phenoxy) is 12. The third-order valence-electron chi connectivity index (χ3n) is 24.5. The smallest absolute Gasteiger partial charge is 0.231 e. The van der Waals surface area contributed by atoms with Gasteiger partial charge < -0.3 is 56.8 Å². The van der Waals surface area contributed by atoms with Gasteiger partial charge in [0.1, 0.15) is 26.4 Å². The molecule has 12 aliphatic rings. The Kier molecular flexibility index (Phi) is 33.9. The summed E-state index contributed by atoms with van der Waals surface area (Å²) in [5.41, 5.74) is 11.2. The molecular formula is C100H132N4O12. The fraction of sp³-hybridized carbons (Fsp3) is 0.560. The van der Waals surface area contributed by atoms with Gasteiger partial charge in [-0.25, -0.2) is 0 Å². The first-order chi connectivity index (χ1) is 57.5. The van der Waals surface area contributed by atoms with E-state index in [-0.39, 0.29) is 53.6 Å². The van der Waals surface area contributed by atoms with Crippen LogP contribution in [-0.2, 0) is 26.4 Å². The molecule has 20 rings (SSSR count). The Morgan fingerprint density at radius 2 is 0.379 bits per heavy atom. The average Bonchev–Trinajstić information content (AvgIpc) is 0.719. The second-order valence-corrected chi connectivity index (χ2v) is 33.1. The summed E-state index contributed by atoms with van der Waals surface area (Å²) in [6.07, 6.45) is 59.3. The van der Waals surface area contributed by atoms with Crippen LogP contribution in [-0.4, -0.2) is 47.1 Å². The molecule has 0 atom stereocenters. The predicted molar refractivity (Wildman–Crippen MR) is 459 cm³/mol. The van der Waals surface area contributed by atoms with E-state index in [0.717, 1.165) is 144 Å². The van der Waals surface area contributed by atoms with E-state index in [1.807, 2.05) is 98.1 Å². The lowest BCUT2D eigenvalue weighted by Gasteiger charge is -2.37. The first-order valence-corrected chi connectivity index (χ1v) is 45.4. The van der Waals surface area contributed by atoms with Gasteiger partial charge in [0, 0.05) is 118 Å². The SMILES string of the molecule is CCCCCCCCCCCC1c2cc3c4c(OCc5ccncc5)c2OCOc2c5cc(c(c2OCc2ccncc2)OCOc2c6cc(c(c2OCc2ccncc2)OCOc2c1cc(c(c2OCc1ccncc1)OCO4)C6CCCCCCCCCCC)C5CCCCCCCCCCC)C3CCCCCCCCCCC. The van der Waals surface area contributed by atoms with Crippen molar-refractivity contribution in [3.63, 3.8) is 0 Å². The van der Waals surface area contributed by atoms with Crippen LogP contribution >= 0.6 is 0 Å². The van der Waals surface area contributed by atoms with Gasteiger partial charge in [-0.3, -0.25) is 19.9 Å². The minimum absolute atomic E-state index is 0.191. The standard InChI is InChI=1S/C100H132N4O12/c1-5-9-13-17-21-25-29-33-37-41-77-81-61-83-78(42-38-34-30-26-22-18-14-10-6-2)85-63-87-80(44-40-36-32-28-24-20-16-12-8-4)88-64-86-79(43-39-35-31-27-23-19-15-11-7-3)84-62-82(77)90-98(106-66-74-47-55-102-56-48-74)92(84)114-71-113-91(83)97(105-65-73-45-53-101-54-46-73)89(81)109-69-111-95(87)99(107-67-75-49-57-103-58-50-75)93(85)115-72-116-94(86)100(96(88)112-70-110-90)108-68-76-51-59-104-60-52-76/h45-64,77-80H,5-44,65-72H2,1-4H3. The van der Waals surface area contributed by atoms with E-state index in [0.29, 0.717) is 94.7 Å². The van der Waals surface area contributed by atoms with Gasteiger partial charge in [-0.05, 0) is 121 Å². The third-order valence-corrected chi connectivity index (χ3v) is 24.5. The number of hydrogen-bond donors (Lipinski definition) is 0. The van der Waals surface area contributed by atoms with Gasteiger partial charge >= 0.3 is 0 Å². The molecular weight excluding hydrogens is 1450 g/mol. The molecule has 8 aromatic rings. The van der Waals surface area contributed by atoms with Gasteiger partial charge in [0.15, 0.2) is 46.0 Å². The molecule has 0 radical (unpaired) electrons. The van der Waals surface area contributed by atoms with Crippen LogP contribution < -0.4 is 56.8 Å². The zero-order valence-electron chi connectivity index (χ0n) is 70.5. The normalized spacial score (nSPS) is 16.0. The molecule has 16 heterocycles. The fourth-order valence-electron chi connectivity index (χ4n) is 18.1. The highest BCUT2D eigenvalue weighted by molar-refractivity contribution is 5.73. The Balaban J connectivity index is 1.13. The lowest BCUT2D eigenvalue weighted by Crippen LogP contribution is -2.24. The molecule has 16 bridgehead atoms. The van der Waals surface area contributed by atoms with E-state index in [9.17, 15) is 0 Å². The van der Waals surface area contributed by atoms with Crippen LogP contribution in [0.4, 0.5) is 0 Å². The minimum Gasteiger partial charge on any atom is -0.482 e. The van der Waals surface area contributed by atoms with Crippen molar-refractivity contribution in [2.24, 2.45) is 0 Å². The van der Waals surface area contributed by atoms with E-state index in [4.69, 9.17) is 56.8 Å². The van der Waals surface area contributed by atoms with E-state index >= 15 is 0 Å². The van der Waals surface area contributed by atoms with E-state index < -0.39 is 23.7 Å². The van der Waals surface area contributed by atoms with Crippen LogP contribution in [0.2, 0.25) is 0 Å². The van der Waals surface area contributed by atoms with Crippen LogP contribution in [0.3, 0.4) is 0 Å². The first kappa shape index (κ1) is 85.0. The molecule has 0 aliphatic carbocycles. The van der Waals surface area contributed by atoms with Crippen molar-refractivity contribution in [1.82, 2.24) is 19.9 Å². The maximum absolute atomic E-state index is 7.74. The van der Waals surface area contributed by atoms with Crippen LogP contribution in [0, 0.1) is 0 Å². The Morgan fingerprint density at radius 3 is 0.543 bits per heavy atom.